The minimum absolute atomic E-state index is 0.142. The van der Waals surface area contributed by atoms with Gasteiger partial charge in [-0.25, -0.2) is 4.39 Å². The number of rotatable bonds is 5. The first kappa shape index (κ1) is 17.6. The van der Waals surface area contributed by atoms with E-state index in [1.165, 1.54) is 12.1 Å². The van der Waals surface area contributed by atoms with Crippen molar-refractivity contribution in [3.8, 4) is 11.4 Å². The van der Waals surface area contributed by atoms with Gasteiger partial charge in [-0.15, -0.1) is 10.2 Å². The van der Waals surface area contributed by atoms with E-state index in [4.69, 9.17) is 4.74 Å². The van der Waals surface area contributed by atoms with Crippen LogP contribution >= 0.6 is 0 Å². The maximum Gasteiger partial charge on any atom is 0.251 e. The Kier molecular flexibility index (Phi) is 5.08. The largest absolute Gasteiger partial charge is 0.379 e. The number of morpholine rings is 1. The fourth-order valence-corrected chi connectivity index (χ4v) is 3.08. The topological polar surface area (TPSA) is 71.8 Å². The van der Waals surface area contributed by atoms with Gasteiger partial charge in [0.2, 0.25) is 0 Å². The fraction of sp³-hybridized carbons (Fsp3) is 0.316. The average Bonchev–Trinajstić information content (AvgIpc) is 3.12. The van der Waals surface area contributed by atoms with Gasteiger partial charge in [-0.2, -0.15) is 0 Å². The molecule has 4 rings (SSSR count). The van der Waals surface area contributed by atoms with E-state index in [2.05, 4.69) is 20.4 Å². The van der Waals surface area contributed by atoms with Gasteiger partial charge in [0.1, 0.15) is 5.82 Å². The number of pyridine rings is 1. The second kappa shape index (κ2) is 7.81. The number of halogens is 1. The van der Waals surface area contributed by atoms with E-state index in [1.54, 1.807) is 34.9 Å². The van der Waals surface area contributed by atoms with E-state index < -0.39 is 0 Å². The van der Waals surface area contributed by atoms with Crippen LogP contribution in [0.1, 0.15) is 10.4 Å². The van der Waals surface area contributed by atoms with E-state index in [1.807, 2.05) is 0 Å². The lowest BCUT2D eigenvalue weighted by atomic mass is 10.2. The molecular formula is C19H20FN5O2. The summed E-state index contributed by atoms with van der Waals surface area (Å²) in [6, 6.07) is 9.49. The van der Waals surface area contributed by atoms with Crippen LogP contribution in [-0.2, 0) is 4.74 Å². The molecule has 1 aromatic carbocycles. The molecule has 0 atom stereocenters. The summed E-state index contributed by atoms with van der Waals surface area (Å²) < 4.78 is 20.2. The fourth-order valence-electron chi connectivity index (χ4n) is 3.08. The summed E-state index contributed by atoms with van der Waals surface area (Å²) >= 11 is 0. The van der Waals surface area contributed by atoms with Crippen molar-refractivity contribution in [2.24, 2.45) is 0 Å². The quantitative estimate of drug-likeness (QED) is 0.740. The average molecular weight is 369 g/mol. The van der Waals surface area contributed by atoms with Crippen molar-refractivity contribution in [3.05, 3.63) is 54.0 Å². The molecule has 1 saturated heterocycles. The van der Waals surface area contributed by atoms with Crippen LogP contribution in [0.3, 0.4) is 0 Å². The number of aromatic nitrogens is 3. The van der Waals surface area contributed by atoms with E-state index in [9.17, 15) is 9.18 Å². The van der Waals surface area contributed by atoms with Crippen LogP contribution in [0.5, 0.6) is 0 Å². The van der Waals surface area contributed by atoms with E-state index in [0.29, 0.717) is 23.6 Å². The van der Waals surface area contributed by atoms with Gasteiger partial charge in [0, 0.05) is 43.5 Å². The van der Waals surface area contributed by atoms with Crippen molar-refractivity contribution < 1.29 is 13.9 Å². The SMILES string of the molecule is O=C(NCCN1CCOCC1)c1ccn2c(-c3ccc(F)cc3)nnc2c1. The molecule has 0 unspecified atom stereocenters. The molecule has 1 aliphatic rings. The molecule has 2 aromatic heterocycles. The van der Waals surface area contributed by atoms with Crippen LogP contribution in [-0.4, -0.2) is 64.8 Å². The maximum absolute atomic E-state index is 13.1. The van der Waals surface area contributed by atoms with E-state index in [-0.39, 0.29) is 11.7 Å². The number of benzene rings is 1. The van der Waals surface area contributed by atoms with Gasteiger partial charge >= 0.3 is 0 Å². The number of nitrogens with one attached hydrogen (secondary N) is 1. The summed E-state index contributed by atoms with van der Waals surface area (Å²) in [5, 5.41) is 11.2. The first-order chi connectivity index (χ1) is 13.2. The summed E-state index contributed by atoms with van der Waals surface area (Å²) in [5.74, 6) is 0.157. The van der Waals surface area contributed by atoms with Gasteiger partial charge in [-0.05, 0) is 36.4 Å². The Balaban J connectivity index is 1.43. The number of carbonyl (C=O) groups is 1. The molecule has 0 saturated carbocycles. The molecule has 8 heteroatoms. The molecule has 1 amide bonds. The standard InChI is InChI=1S/C19H20FN5O2/c20-16-3-1-14(2-4-16)18-23-22-17-13-15(5-7-25(17)18)19(26)21-6-8-24-9-11-27-12-10-24/h1-5,7,13H,6,8-12H2,(H,21,26). The molecule has 7 nitrogen and oxygen atoms in total. The van der Waals surface area contributed by atoms with Crippen molar-refractivity contribution in [1.29, 1.82) is 0 Å². The number of amides is 1. The van der Waals surface area contributed by atoms with Crippen molar-refractivity contribution in [2.75, 3.05) is 39.4 Å². The Labute approximate surface area is 155 Å². The Hall–Kier alpha value is -2.84. The third-order valence-electron chi connectivity index (χ3n) is 4.59. The highest BCUT2D eigenvalue weighted by atomic mass is 19.1. The minimum Gasteiger partial charge on any atom is -0.379 e. The highest BCUT2D eigenvalue weighted by Crippen LogP contribution is 2.19. The first-order valence-electron chi connectivity index (χ1n) is 8.90. The summed E-state index contributed by atoms with van der Waals surface area (Å²) in [6.45, 7) is 4.66. The molecule has 3 heterocycles. The third kappa shape index (κ3) is 3.96. The highest BCUT2D eigenvalue weighted by Gasteiger charge is 2.13. The summed E-state index contributed by atoms with van der Waals surface area (Å²) in [7, 11) is 0. The minimum atomic E-state index is -0.302. The Morgan fingerprint density at radius 3 is 2.70 bits per heavy atom. The van der Waals surface area contributed by atoms with Gasteiger partial charge in [0.15, 0.2) is 11.5 Å². The molecule has 1 aliphatic heterocycles. The summed E-state index contributed by atoms with van der Waals surface area (Å²) in [5.41, 5.74) is 1.85. The van der Waals surface area contributed by atoms with E-state index >= 15 is 0 Å². The van der Waals surface area contributed by atoms with Crippen LogP contribution in [0.2, 0.25) is 0 Å². The molecule has 1 N–H and O–H groups in total. The monoisotopic (exact) mass is 369 g/mol. The van der Waals surface area contributed by atoms with Crippen LogP contribution in [0, 0.1) is 5.82 Å². The second-order valence-electron chi connectivity index (χ2n) is 6.38. The Morgan fingerprint density at radius 1 is 1.15 bits per heavy atom. The van der Waals surface area contributed by atoms with Crippen LogP contribution in [0.15, 0.2) is 42.6 Å². The molecule has 0 aliphatic carbocycles. The predicted molar refractivity (Wildman–Crippen MR) is 98.0 cm³/mol. The first-order valence-corrected chi connectivity index (χ1v) is 8.90. The van der Waals surface area contributed by atoms with Crippen molar-refractivity contribution in [3.63, 3.8) is 0 Å². The number of fused-ring (bicyclic) bond motifs is 1. The van der Waals surface area contributed by atoms with Crippen LogP contribution in [0.4, 0.5) is 4.39 Å². The smallest absolute Gasteiger partial charge is 0.251 e. The van der Waals surface area contributed by atoms with Gasteiger partial charge in [-0.1, -0.05) is 0 Å². The zero-order valence-corrected chi connectivity index (χ0v) is 14.8. The molecule has 3 aromatic rings. The van der Waals surface area contributed by atoms with Crippen LogP contribution < -0.4 is 5.32 Å². The van der Waals surface area contributed by atoms with Crippen molar-refractivity contribution >= 4 is 11.6 Å². The summed E-state index contributed by atoms with van der Waals surface area (Å²) in [6.07, 6.45) is 1.75. The highest BCUT2D eigenvalue weighted by molar-refractivity contribution is 5.95. The number of nitrogens with zero attached hydrogens (tertiary/aromatic N) is 4. The molecular weight excluding hydrogens is 349 g/mol. The van der Waals surface area contributed by atoms with Crippen LogP contribution in [0.25, 0.3) is 17.0 Å². The van der Waals surface area contributed by atoms with Gasteiger partial charge in [0.25, 0.3) is 5.91 Å². The van der Waals surface area contributed by atoms with E-state index in [0.717, 1.165) is 38.4 Å². The van der Waals surface area contributed by atoms with Crippen molar-refractivity contribution in [2.45, 2.75) is 0 Å². The number of carbonyl (C=O) groups excluding carboxylic acids is 1. The molecule has 0 bridgehead atoms. The predicted octanol–water partition coefficient (Wildman–Crippen LogP) is 1.60. The molecule has 0 radical (unpaired) electrons. The van der Waals surface area contributed by atoms with Gasteiger partial charge in [-0.3, -0.25) is 14.1 Å². The Bertz CT molecular complexity index is 935. The molecule has 0 spiro atoms. The normalized spacial score (nSPS) is 15.1. The molecule has 1 fully saturated rings. The third-order valence-corrected chi connectivity index (χ3v) is 4.59. The maximum atomic E-state index is 13.1. The summed E-state index contributed by atoms with van der Waals surface area (Å²) in [4.78, 5) is 14.7. The zero-order chi connectivity index (χ0) is 18.6. The van der Waals surface area contributed by atoms with Gasteiger partial charge < -0.3 is 10.1 Å². The Morgan fingerprint density at radius 2 is 1.93 bits per heavy atom. The molecule has 140 valence electrons. The lowest BCUT2D eigenvalue weighted by Crippen LogP contribution is -2.41. The molecule has 27 heavy (non-hydrogen) atoms. The second-order valence-corrected chi connectivity index (χ2v) is 6.38. The number of ether oxygens (including phenoxy) is 1. The van der Waals surface area contributed by atoms with Crippen molar-refractivity contribution in [1.82, 2.24) is 24.8 Å². The lowest BCUT2D eigenvalue weighted by Gasteiger charge is -2.26. The number of hydrogen-bond donors (Lipinski definition) is 1. The zero-order valence-electron chi connectivity index (χ0n) is 14.8. The van der Waals surface area contributed by atoms with Gasteiger partial charge in [0.05, 0.1) is 13.2 Å². The lowest BCUT2D eigenvalue weighted by molar-refractivity contribution is 0.0383. The number of hydrogen-bond acceptors (Lipinski definition) is 5.